The SMILES string of the molecule is C/C(=N\Nc1ccc([N+](=O)[O-])cc1)c1ccc[n+](Cc2ccccc2)c1. The fourth-order valence-electron chi connectivity index (χ4n) is 2.50. The average Bonchev–Trinajstić information content (AvgIpc) is 2.67. The van der Waals surface area contributed by atoms with Gasteiger partial charge >= 0.3 is 0 Å². The fraction of sp³-hybridized carbons (Fsp3) is 0.100. The van der Waals surface area contributed by atoms with Gasteiger partial charge in [0.15, 0.2) is 18.9 Å². The Labute approximate surface area is 151 Å². The van der Waals surface area contributed by atoms with Gasteiger partial charge in [0.25, 0.3) is 5.69 Å². The fourth-order valence-corrected chi connectivity index (χ4v) is 2.50. The van der Waals surface area contributed by atoms with Crippen LogP contribution in [0.25, 0.3) is 0 Å². The highest BCUT2D eigenvalue weighted by molar-refractivity contribution is 5.98. The molecule has 0 bridgehead atoms. The molecule has 0 atom stereocenters. The molecule has 0 saturated carbocycles. The van der Waals surface area contributed by atoms with Gasteiger partial charge < -0.3 is 0 Å². The number of nitrogens with zero attached hydrogens (tertiary/aromatic N) is 3. The van der Waals surface area contributed by atoms with Gasteiger partial charge in [-0.2, -0.15) is 5.10 Å². The monoisotopic (exact) mass is 347 g/mol. The first-order valence-corrected chi connectivity index (χ1v) is 8.20. The van der Waals surface area contributed by atoms with E-state index in [9.17, 15) is 10.1 Å². The third-order valence-electron chi connectivity index (χ3n) is 3.91. The van der Waals surface area contributed by atoms with Crippen LogP contribution in [0.15, 0.2) is 84.2 Å². The van der Waals surface area contributed by atoms with Gasteiger partial charge in [0, 0.05) is 23.8 Å². The van der Waals surface area contributed by atoms with Crippen LogP contribution in [-0.4, -0.2) is 10.6 Å². The average molecular weight is 347 g/mol. The summed E-state index contributed by atoms with van der Waals surface area (Å²) in [5.41, 5.74) is 6.74. The van der Waals surface area contributed by atoms with Crippen molar-refractivity contribution in [3.05, 3.63) is 100 Å². The van der Waals surface area contributed by atoms with Crippen molar-refractivity contribution in [1.29, 1.82) is 0 Å². The van der Waals surface area contributed by atoms with Crippen molar-refractivity contribution in [2.45, 2.75) is 13.5 Å². The Morgan fingerprint density at radius 1 is 1.08 bits per heavy atom. The number of hydrogen-bond acceptors (Lipinski definition) is 4. The molecule has 6 nitrogen and oxygen atoms in total. The van der Waals surface area contributed by atoms with E-state index in [0.29, 0.717) is 5.69 Å². The van der Waals surface area contributed by atoms with Crippen molar-refractivity contribution in [3.8, 4) is 0 Å². The van der Waals surface area contributed by atoms with Crippen LogP contribution in [0.1, 0.15) is 18.1 Å². The number of aromatic nitrogens is 1. The zero-order chi connectivity index (χ0) is 18.4. The Balaban J connectivity index is 1.70. The van der Waals surface area contributed by atoms with Crippen molar-refractivity contribution in [2.75, 3.05) is 5.43 Å². The summed E-state index contributed by atoms with van der Waals surface area (Å²) in [6, 6.07) is 20.4. The van der Waals surface area contributed by atoms with Crippen LogP contribution in [0.3, 0.4) is 0 Å². The summed E-state index contributed by atoms with van der Waals surface area (Å²) < 4.78 is 2.11. The molecule has 3 aromatic rings. The highest BCUT2D eigenvalue weighted by Gasteiger charge is 2.07. The first-order valence-electron chi connectivity index (χ1n) is 8.20. The molecule has 2 aromatic carbocycles. The molecule has 6 heteroatoms. The molecule has 3 rings (SSSR count). The van der Waals surface area contributed by atoms with E-state index in [4.69, 9.17) is 0 Å². The number of nitro groups is 1. The number of rotatable bonds is 6. The van der Waals surface area contributed by atoms with Crippen LogP contribution in [0.5, 0.6) is 0 Å². The smallest absolute Gasteiger partial charge is 0.269 e. The van der Waals surface area contributed by atoms with Crippen molar-refractivity contribution in [1.82, 2.24) is 0 Å². The van der Waals surface area contributed by atoms with Crippen LogP contribution in [0.4, 0.5) is 11.4 Å². The number of nitro benzene ring substituents is 1. The first kappa shape index (κ1) is 17.3. The normalized spacial score (nSPS) is 11.2. The molecule has 0 unspecified atom stereocenters. The van der Waals surface area contributed by atoms with E-state index in [1.807, 2.05) is 49.6 Å². The van der Waals surface area contributed by atoms with E-state index in [1.165, 1.54) is 17.7 Å². The second-order valence-corrected chi connectivity index (χ2v) is 5.86. The van der Waals surface area contributed by atoms with Crippen molar-refractivity contribution < 1.29 is 9.49 Å². The lowest BCUT2D eigenvalue weighted by Crippen LogP contribution is -2.34. The first-order chi connectivity index (χ1) is 12.6. The second-order valence-electron chi connectivity index (χ2n) is 5.86. The summed E-state index contributed by atoms with van der Waals surface area (Å²) in [6.07, 6.45) is 4.07. The zero-order valence-electron chi connectivity index (χ0n) is 14.4. The molecule has 0 aliphatic rings. The lowest BCUT2D eigenvalue weighted by atomic mass is 10.2. The maximum atomic E-state index is 10.7. The molecule has 0 aliphatic heterocycles. The van der Waals surface area contributed by atoms with Gasteiger partial charge in [0.2, 0.25) is 0 Å². The third kappa shape index (κ3) is 4.51. The predicted molar refractivity (Wildman–Crippen MR) is 101 cm³/mol. The van der Waals surface area contributed by atoms with Gasteiger partial charge in [0.1, 0.15) is 0 Å². The molecule has 0 spiro atoms. The van der Waals surface area contributed by atoms with E-state index >= 15 is 0 Å². The maximum Gasteiger partial charge on any atom is 0.269 e. The number of nitrogens with one attached hydrogen (secondary N) is 1. The minimum absolute atomic E-state index is 0.0567. The topological polar surface area (TPSA) is 71.4 Å². The largest absolute Gasteiger partial charge is 0.278 e. The summed E-state index contributed by atoms with van der Waals surface area (Å²) >= 11 is 0. The molecule has 1 N–H and O–H groups in total. The molecule has 0 aliphatic carbocycles. The van der Waals surface area contributed by atoms with Gasteiger partial charge in [-0.25, -0.2) is 4.57 Å². The molecule has 0 radical (unpaired) electrons. The van der Waals surface area contributed by atoms with Gasteiger partial charge in [0.05, 0.1) is 21.9 Å². The number of hydrazone groups is 1. The molecular formula is C20H19N4O2+. The standard InChI is InChI=1S/C20H19N4O2/c1-16(21-22-19-9-11-20(12-10-19)24(25)26)18-8-5-13-23(15-18)14-17-6-3-2-4-7-17/h2-13,15,22H,14H2,1H3/q+1/b21-16+. The van der Waals surface area contributed by atoms with E-state index in [0.717, 1.165) is 17.8 Å². The molecule has 1 heterocycles. The highest BCUT2D eigenvalue weighted by atomic mass is 16.6. The quantitative estimate of drug-likeness (QED) is 0.319. The minimum Gasteiger partial charge on any atom is -0.278 e. The molecule has 130 valence electrons. The molecule has 1 aromatic heterocycles. The molecule has 26 heavy (non-hydrogen) atoms. The lowest BCUT2D eigenvalue weighted by Gasteiger charge is -2.04. The van der Waals surface area contributed by atoms with Crippen molar-refractivity contribution >= 4 is 17.1 Å². The Morgan fingerprint density at radius 2 is 1.81 bits per heavy atom. The summed E-state index contributed by atoms with van der Waals surface area (Å²) in [6.45, 7) is 2.71. The van der Waals surface area contributed by atoms with E-state index in [1.54, 1.807) is 12.1 Å². The predicted octanol–water partition coefficient (Wildman–Crippen LogP) is 3.77. The van der Waals surface area contributed by atoms with E-state index < -0.39 is 4.92 Å². The summed E-state index contributed by atoms with van der Waals surface area (Å²) in [5.74, 6) is 0. The van der Waals surface area contributed by atoms with E-state index in [2.05, 4.69) is 27.2 Å². The summed E-state index contributed by atoms with van der Waals surface area (Å²) in [5, 5.41) is 15.1. The minimum atomic E-state index is -0.423. The van der Waals surface area contributed by atoms with Gasteiger partial charge in [-0.15, -0.1) is 0 Å². The van der Waals surface area contributed by atoms with Gasteiger partial charge in [-0.3, -0.25) is 15.5 Å². The van der Waals surface area contributed by atoms with Gasteiger partial charge in [-0.1, -0.05) is 30.3 Å². The number of benzene rings is 2. The highest BCUT2D eigenvalue weighted by Crippen LogP contribution is 2.15. The lowest BCUT2D eigenvalue weighted by molar-refractivity contribution is -0.688. The summed E-state index contributed by atoms with van der Waals surface area (Å²) in [4.78, 5) is 10.3. The van der Waals surface area contributed by atoms with Crippen molar-refractivity contribution in [3.63, 3.8) is 0 Å². The number of hydrogen-bond donors (Lipinski definition) is 1. The Kier molecular flexibility index (Phi) is 5.34. The molecule has 0 saturated heterocycles. The second kappa shape index (κ2) is 8.02. The van der Waals surface area contributed by atoms with Crippen molar-refractivity contribution in [2.24, 2.45) is 5.10 Å². The van der Waals surface area contributed by atoms with Crippen LogP contribution < -0.4 is 9.99 Å². The molecular weight excluding hydrogens is 328 g/mol. The maximum absolute atomic E-state index is 10.7. The summed E-state index contributed by atoms with van der Waals surface area (Å²) in [7, 11) is 0. The third-order valence-corrected chi connectivity index (χ3v) is 3.91. The van der Waals surface area contributed by atoms with Gasteiger partial charge in [-0.05, 0) is 25.1 Å². The number of pyridine rings is 1. The zero-order valence-corrected chi connectivity index (χ0v) is 14.4. The van der Waals surface area contributed by atoms with Crippen LogP contribution in [0, 0.1) is 10.1 Å². The number of non-ortho nitro benzene ring substituents is 1. The van der Waals surface area contributed by atoms with Crippen LogP contribution in [-0.2, 0) is 6.54 Å². The van der Waals surface area contributed by atoms with E-state index in [-0.39, 0.29) is 5.69 Å². The Hall–Kier alpha value is -3.54. The van der Waals surface area contributed by atoms with Crippen LogP contribution >= 0.6 is 0 Å². The molecule has 0 fully saturated rings. The Bertz CT molecular complexity index is 922. The number of anilines is 1. The molecule has 0 amide bonds. The Morgan fingerprint density at radius 3 is 2.50 bits per heavy atom. The van der Waals surface area contributed by atoms with Crippen LogP contribution in [0.2, 0.25) is 0 Å².